The maximum absolute atomic E-state index is 5.68. The third-order valence-electron chi connectivity index (χ3n) is 3.37. The van der Waals surface area contributed by atoms with E-state index in [4.69, 9.17) is 4.42 Å². The van der Waals surface area contributed by atoms with E-state index >= 15 is 0 Å². The molecule has 0 amide bonds. The van der Waals surface area contributed by atoms with Crippen LogP contribution in [0, 0.1) is 6.92 Å². The number of hydrogen-bond donors (Lipinski definition) is 0. The van der Waals surface area contributed by atoms with E-state index < -0.39 is 0 Å². The molecule has 0 saturated carbocycles. The summed E-state index contributed by atoms with van der Waals surface area (Å²) in [5, 5.41) is 17.4. The van der Waals surface area contributed by atoms with E-state index in [9.17, 15) is 0 Å². The monoisotopic (exact) mass is 327 g/mol. The van der Waals surface area contributed by atoms with E-state index in [-0.39, 0.29) is 0 Å². The zero-order valence-corrected chi connectivity index (χ0v) is 14.1. The molecule has 0 aliphatic rings. The summed E-state index contributed by atoms with van der Waals surface area (Å²) >= 11 is 1.23. The molecule has 0 fully saturated rings. The van der Waals surface area contributed by atoms with E-state index in [0.717, 1.165) is 29.8 Å². The SMILES string of the molecule is CCc1nnc(Sc2nnc(-c3ccc(C)cc3)o2)nc1CC. The van der Waals surface area contributed by atoms with Crippen LogP contribution in [0.2, 0.25) is 0 Å². The Labute approximate surface area is 138 Å². The Bertz CT molecular complexity index is 800. The molecule has 6 nitrogen and oxygen atoms in total. The van der Waals surface area contributed by atoms with E-state index in [2.05, 4.69) is 32.3 Å². The predicted molar refractivity (Wildman–Crippen MR) is 87.2 cm³/mol. The highest BCUT2D eigenvalue weighted by Gasteiger charge is 2.13. The second-order valence-corrected chi connectivity index (χ2v) is 5.95. The first kappa shape index (κ1) is 15.6. The molecule has 0 spiro atoms. The smallest absolute Gasteiger partial charge is 0.284 e. The van der Waals surface area contributed by atoms with Crippen LogP contribution < -0.4 is 0 Å². The second-order valence-electron chi connectivity index (χ2n) is 5.04. The van der Waals surface area contributed by atoms with Gasteiger partial charge in [-0.25, -0.2) is 4.98 Å². The standard InChI is InChI=1S/C16H17N5OS/c1-4-12-13(5-2)18-20-15(17-12)23-16-21-19-14(22-16)11-8-6-10(3)7-9-11/h6-9H,4-5H2,1-3H3. The minimum Gasteiger partial charge on any atom is -0.411 e. The van der Waals surface area contributed by atoms with Gasteiger partial charge in [0.05, 0.1) is 11.4 Å². The molecule has 3 aromatic rings. The molecule has 23 heavy (non-hydrogen) atoms. The van der Waals surface area contributed by atoms with Gasteiger partial charge in [0.25, 0.3) is 5.22 Å². The summed E-state index contributed by atoms with van der Waals surface area (Å²) < 4.78 is 5.68. The number of rotatable bonds is 5. The highest BCUT2D eigenvalue weighted by Crippen LogP contribution is 2.27. The third kappa shape index (κ3) is 3.56. The minimum absolute atomic E-state index is 0.411. The lowest BCUT2D eigenvalue weighted by Crippen LogP contribution is -2.03. The van der Waals surface area contributed by atoms with Gasteiger partial charge in [0.15, 0.2) is 0 Å². The van der Waals surface area contributed by atoms with Gasteiger partial charge in [0, 0.05) is 17.3 Å². The van der Waals surface area contributed by atoms with E-state index in [1.165, 1.54) is 17.3 Å². The maximum Gasteiger partial charge on any atom is 0.284 e. The molecule has 0 atom stereocenters. The van der Waals surface area contributed by atoms with Gasteiger partial charge in [-0.05, 0) is 31.9 Å². The van der Waals surface area contributed by atoms with Crippen LogP contribution in [0.5, 0.6) is 0 Å². The molecule has 7 heteroatoms. The third-order valence-corrected chi connectivity index (χ3v) is 4.07. The first-order chi connectivity index (χ1) is 11.2. The van der Waals surface area contributed by atoms with Crippen LogP contribution in [0.25, 0.3) is 11.5 Å². The van der Waals surface area contributed by atoms with Crippen LogP contribution in [0.1, 0.15) is 30.8 Å². The first-order valence-electron chi connectivity index (χ1n) is 7.50. The van der Waals surface area contributed by atoms with Crippen molar-refractivity contribution in [1.29, 1.82) is 0 Å². The van der Waals surface area contributed by atoms with Crippen LogP contribution >= 0.6 is 11.8 Å². The molecule has 0 unspecified atom stereocenters. The molecule has 3 rings (SSSR count). The summed E-state index contributed by atoms with van der Waals surface area (Å²) in [4.78, 5) is 4.51. The van der Waals surface area contributed by atoms with Crippen molar-refractivity contribution in [2.24, 2.45) is 0 Å². The van der Waals surface area contributed by atoms with Gasteiger partial charge in [0.2, 0.25) is 11.0 Å². The Morgan fingerprint density at radius 3 is 2.35 bits per heavy atom. The highest BCUT2D eigenvalue weighted by molar-refractivity contribution is 7.98. The van der Waals surface area contributed by atoms with Crippen LogP contribution in [0.3, 0.4) is 0 Å². The van der Waals surface area contributed by atoms with Crippen molar-refractivity contribution in [1.82, 2.24) is 25.4 Å². The fourth-order valence-corrected chi connectivity index (χ4v) is 2.70. The molecular formula is C16H17N5OS. The molecule has 0 aliphatic carbocycles. The molecule has 0 aliphatic heterocycles. The summed E-state index contributed by atoms with van der Waals surface area (Å²) in [7, 11) is 0. The molecule has 118 valence electrons. The average Bonchev–Trinajstić information content (AvgIpc) is 3.04. The topological polar surface area (TPSA) is 77.6 Å². The molecule has 1 aromatic carbocycles. The number of benzene rings is 1. The normalized spacial score (nSPS) is 10.9. The number of hydrogen-bond acceptors (Lipinski definition) is 7. The van der Waals surface area contributed by atoms with Gasteiger partial charge < -0.3 is 4.42 Å². The summed E-state index contributed by atoms with van der Waals surface area (Å²) in [6.45, 7) is 6.14. The second kappa shape index (κ2) is 6.87. The van der Waals surface area contributed by atoms with Crippen LogP contribution in [0.4, 0.5) is 0 Å². The Morgan fingerprint density at radius 2 is 1.65 bits per heavy atom. The van der Waals surface area contributed by atoms with E-state index in [1.807, 2.05) is 38.1 Å². The van der Waals surface area contributed by atoms with Crippen molar-refractivity contribution < 1.29 is 4.42 Å². The zero-order chi connectivity index (χ0) is 16.2. The summed E-state index contributed by atoms with van der Waals surface area (Å²) in [5.74, 6) is 0.487. The molecule has 2 aromatic heterocycles. The Balaban J connectivity index is 1.80. The summed E-state index contributed by atoms with van der Waals surface area (Å²) in [6.07, 6.45) is 1.65. The van der Waals surface area contributed by atoms with Gasteiger partial charge in [0.1, 0.15) is 0 Å². The first-order valence-corrected chi connectivity index (χ1v) is 8.32. The fourth-order valence-electron chi connectivity index (χ4n) is 2.11. The van der Waals surface area contributed by atoms with E-state index in [1.54, 1.807) is 0 Å². The molecule has 0 bridgehead atoms. The Morgan fingerprint density at radius 1 is 0.913 bits per heavy atom. The number of aryl methyl sites for hydroxylation is 3. The zero-order valence-electron chi connectivity index (χ0n) is 13.3. The van der Waals surface area contributed by atoms with Crippen molar-refractivity contribution in [2.45, 2.75) is 44.0 Å². The van der Waals surface area contributed by atoms with Crippen LogP contribution in [-0.2, 0) is 12.8 Å². The predicted octanol–water partition coefficient (Wildman–Crippen LogP) is 3.51. The van der Waals surface area contributed by atoms with Crippen molar-refractivity contribution in [3.63, 3.8) is 0 Å². The highest BCUT2D eigenvalue weighted by atomic mass is 32.2. The molecular weight excluding hydrogens is 310 g/mol. The summed E-state index contributed by atoms with van der Waals surface area (Å²) in [6, 6.07) is 7.94. The molecule has 2 heterocycles. The van der Waals surface area contributed by atoms with E-state index in [0.29, 0.717) is 16.3 Å². The van der Waals surface area contributed by atoms with Crippen molar-refractivity contribution in [3.8, 4) is 11.5 Å². The van der Waals surface area contributed by atoms with Gasteiger partial charge in [-0.15, -0.1) is 15.3 Å². The number of aromatic nitrogens is 5. The average molecular weight is 327 g/mol. The van der Waals surface area contributed by atoms with Crippen LogP contribution in [-0.4, -0.2) is 25.4 Å². The molecule has 0 radical (unpaired) electrons. The van der Waals surface area contributed by atoms with Gasteiger partial charge in [-0.2, -0.15) is 5.10 Å². The fraction of sp³-hybridized carbons (Fsp3) is 0.312. The number of nitrogens with zero attached hydrogens (tertiary/aromatic N) is 5. The molecule has 0 saturated heterocycles. The minimum atomic E-state index is 0.411. The largest absolute Gasteiger partial charge is 0.411 e. The van der Waals surface area contributed by atoms with Gasteiger partial charge >= 0.3 is 0 Å². The van der Waals surface area contributed by atoms with Gasteiger partial charge in [-0.1, -0.05) is 31.5 Å². The van der Waals surface area contributed by atoms with Crippen molar-refractivity contribution in [3.05, 3.63) is 41.2 Å². The maximum atomic E-state index is 5.68. The lowest BCUT2D eigenvalue weighted by molar-refractivity contribution is 0.465. The Kier molecular flexibility index (Phi) is 4.66. The van der Waals surface area contributed by atoms with Crippen molar-refractivity contribution in [2.75, 3.05) is 0 Å². The lowest BCUT2D eigenvalue weighted by atomic mass is 10.1. The quantitative estimate of drug-likeness (QED) is 0.709. The van der Waals surface area contributed by atoms with Crippen LogP contribution in [0.15, 0.2) is 39.1 Å². The Hall–Kier alpha value is -2.28. The lowest BCUT2D eigenvalue weighted by Gasteiger charge is -2.03. The van der Waals surface area contributed by atoms with Gasteiger partial charge in [-0.3, -0.25) is 0 Å². The summed E-state index contributed by atoms with van der Waals surface area (Å²) in [5.41, 5.74) is 3.97. The molecule has 0 N–H and O–H groups in total. The van der Waals surface area contributed by atoms with Crippen molar-refractivity contribution >= 4 is 11.8 Å².